The van der Waals surface area contributed by atoms with Crippen molar-refractivity contribution in [2.24, 2.45) is 0 Å². The second kappa shape index (κ2) is 8.65. The summed E-state index contributed by atoms with van der Waals surface area (Å²) in [6.07, 6.45) is 3.61. The molecule has 0 amide bonds. The van der Waals surface area contributed by atoms with Gasteiger partial charge < -0.3 is 15.0 Å². The van der Waals surface area contributed by atoms with Gasteiger partial charge in [-0.3, -0.25) is 0 Å². The molecular formula is C24H26N6O. The third-order valence-electron chi connectivity index (χ3n) is 5.23. The lowest BCUT2D eigenvalue weighted by molar-refractivity contribution is 0.276. The van der Waals surface area contributed by atoms with Crippen molar-refractivity contribution < 1.29 is 5.11 Å². The molecule has 0 spiro atoms. The van der Waals surface area contributed by atoms with Gasteiger partial charge in [-0.25, -0.2) is 9.97 Å². The molecule has 2 N–H and O–H groups in total. The van der Waals surface area contributed by atoms with Crippen molar-refractivity contribution in [1.29, 1.82) is 0 Å². The highest BCUT2D eigenvalue weighted by Crippen LogP contribution is 2.25. The van der Waals surface area contributed by atoms with Crippen LogP contribution in [0.3, 0.4) is 0 Å². The van der Waals surface area contributed by atoms with Crippen LogP contribution in [0, 0.1) is 20.8 Å². The molecule has 0 aliphatic rings. The minimum absolute atomic E-state index is 0.107. The normalized spacial score (nSPS) is 12.0. The monoisotopic (exact) mass is 414 g/mol. The van der Waals surface area contributed by atoms with Crippen LogP contribution in [0.2, 0.25) is 0 Å². The first-order valence-corrected chi connectivity index (χ1v) is 10.2. The van der Waals surface area contributed by atoms with E-state index < -0.39 is 0 Å². The van der Waals surface area contributed by atoms with Crippen molar-refractivity contribution in [3.05, 3.63) is 83.1 Å². The van der Waals surface area contributed by atoms with Crippen molar-refractivity contribution >= 4 is 5.82 Å². The maximum absolute atomic E-state index is 9.84. The number of anilines is 1. The van der Waals surface area contributed by atoms with E-state index in [0.29, 0.717) is 17.1 Å². The van der Waals surface area contributed by atoms with E-state index in [0.717, 1.165) is 22.8 Å². The molecule has 7 heteroatoms. The Balaban J connectivity index is 1.59. The fraction of sp³-hybridized carbons (Fsp3) is 0.250. The Bertz CT molecular complexity index is 1220. The summed E-state index contributed by atoms with van der Waals surface area (Å²) < 4.78 is 1.86. The molecule has 0 aliphatic heterocycles. The van der Waals surface area contributed by atoms with Crippen LogP contribution in [0.5, 0.6) is 0 Å². The Labute approximate surface area is 181 Å². The number of nitrogens with one attached hydrogen (secondary N) is 1. The summed E-state index contributed by atoms with van der Waals surface area (Å²) in [6.45, 7) is 7.93. The number of aryl methyl sites for hydroxylation is 3. The molecule has 158 valence electrons. The summed E-state index contributed by atoms with van der Waals surface area (Å²) in [5, 5.41) is 22.1. The van der Waals surface area contributed by atoms with Gasteiger partial charge in [-0.1, -0.05) is 29.8 Å². The quantitative estimate of drug-likeness (QED) is 0.489. The number of imidazole rings is 1. The van der Waals surface area contributed by atoms with Crippen molar-refractivity contribution in [1.82, 2.24) is 24.7 Å². The van der Waals surface area contributed by atoms with Crippen LogP contribution in [-0.2, 0) is 6.61 Å². The predicted octanol–water partition coefficient (Wildman–Crippen LogP) is 4.31. The molecule has 3 heterocycles. The van der Waals surface area contributed by atoms with E-state index in [1.54, 1.807) is 6.33 Å². The van der Waals surface area contributed by atoms with Crippen molar-refractivity contribution in [2.75, 3.05) is 5.32 Å². The van der Waals surface area contributed by atoms with Crippen molar-refractivity contribution in [3.63, 3.8) is 0 Å². The van der Waals surface area contributed by atoms with E-state index in [-0.39, 0.29) is 12.6 Å². The Kier molecular flexibility index (Phi) is 5.77. The Morgan fingerprint density at radius 3 is 2.55 bits per heavy atom. The van der Waals surface area contributed by atoms with Gasteiger partial charge in [0.1, 0.15) is 5.69 Å². The van der Waals surface area contributed by atoms with Gasteiger partial charge in [0.05, 0.1) is 41.7 Å². The zero-order valence-electron chi connectivity index (χ0n) is 18.2. The largest absolute Gasteiger partial charge is 0.390 e. The molecule has 1 atom stereocenters. The Hall–Kier alpha value is -3.58. The zero-order valence-corrected chi connectivity index (χ0v) is 18.2. The van der Waals surface area contributed by atoms with E-state index in [2.05, 4.69) is 63.6 Å². The fourth-order valence-corrected chi connectivity index (χ4v) is 3.52. The number of pyridine rings is 1. The summed E-state index contributed by atoms with van der Waals surface area (Å²) >= 11 is 0. The summed E-state index contributed by atoms with van der Waals surface area (Å²) in [7, 11) is 0. The maximum Gasteiger partial charge on any atom is 0.152 e. The number of benzene rings is 1. The fourth-order valence-electron chi connectivity index (χ4n) is 3.52. The van der Waals surface area contributed by atoms with Gasteiger partial charge in [-0.15, -0.1) is 10.2 Å². The van der Waals surface area contributed by atoms with Crippen LogP contribution >= 0.6 is 0 Å². The lowest BCUT2D eigenvalue weighted by Crippen LogP contribution is -2.10. The molecule has 0 fully saturated rings. The first-order chi connectivity index (χ1) is 14.9. The van der Waals surface area contributed by atoms with Crippen molar-refractivity contribution in [3.8, 4) is 17.1 Å². The number of hydrogen-bond acceptors (Lipinski definition) is 6. The summed E-state index contributed by atoms with van der Waals surface area (Å²) in [5.41, 5.74) is 6.98. The molecule has 0 unspecified atom stereocenters. The SMILES string of the molecule is Cc1cccc([C@H](C)Nc2nnc(-c3ccc(-n4cnc(C)c4)c(CO)n3)cc2C)c1. The molecule has 0 saturated heterocycles. The first-order valence-electron chi connectivity index (χ1n) is 10.2. The lowest BCUT2D eigenvalue weighted by Gasteiger charge is -2.17. The third kappa shape index (κ3) is 4.46. The highest BCUT2D eigenvalue weighted by molar-refractivity contribution is 5.60. The zero-order chi connectivity index (χ0) is 22.0. The van der Waals surface area contributed by atoms with Crippen LogP contribution in [0.1, 0.15) is 41.0 Å². The van der Waals surface area contributed by atoms with E-state index >= 15 is 0 Å². The third-order valence-corrected chi connectivity index (χ3v) is 5.23. The maximum atomic E-state index is 9.84. The standard InChI is InChI=1S/C24H26N6O/c1-15-6-5-7-19(10-15)18(4)26-24-16(2)11-21(28-29-24)20-8-9-23(22(13-31)27-20)30-12-17(3)25-14-30/h5-12,14,18,31H,13H2,1-4H3,(H,26,29)/t18-/m0/s1. The number of nitrogens with zero attached hydrogens (tertiary/aromatic N) is 5. The van der Waals surface area contributed by atoms with E-state index in [1.807, 2.05) is 42.8 Å². The van der Waals surface area contributed by atoms with Gasteiger partial charge in [0, 0.05) is 6.20 Å². The molecule has 4 rings (SSSR count). The second-order valence-electron chi connectivity index (χ2n) is 7.78. The van der Waals surface area contributed by atoms with E-state index in [4.69, 9.17) is 0 Å². The molecule has 7 nitrogen and oxygen atoms in total. The lowest BCUT2D eigenvalue weighted by atomic mass is 10.1. The predicted molar refractivity (Wildman–Crippen MR) is 121 cm³/mol. The molecule has 0 radical (unpaired) electrons. The number of hydrogen-bond donors (Lipinski definition) is 2. The smallest absolute Gasteiger partial charge is 0.152 e. The second-order valence-corrected chi connectivity index (χ2v) is 7.78. The Morgan fingerprint density at radius 2 is 1.87 bits per heavy atom. The molecular weight excluding hydrogens is 388 g/mol. The van der Waals surface area contributed by atoms with Gasteiger partial charge >= 0.3 is 0 Å². The number of aliphatic hydroxyl groups excluding tert-OH is 1. The highest BCUT2D eigenvalue weighted by Gasteiger charge is 2.13. The minimum Gasteiger partial charge on any atom is -0.390 e. The van der Waals surface area contributed by atoms with Crippen LogP contribution in [0.4, 0.5) is 5.82 Å². The Morgan fingerprint density at radius 1 is 1.03 bits per heavy atom. The van der Waals surface area contributed by atoms with Gasteiger partial charge in [0.15, 0.2) is 5.82 Å². The van der Waals surface area contributed by atoms with E-state index in [9.17, 15) is 5.11 Å². The van der Waals surface area contributed by atoms with Crippen LogP contribution in [-0.4, -0.2) is 29.8 Å². The highest BCUT2D eigenvalue weighted by atomic mass is 16.3. The van der Waals surface area contributed by atoms with Gasteiger partial charge in [-0.05, 0) is 57.0 Å². The van der Waals surface area contributed by atoms with E-state index in [1.165, 1.54) is 11.1 Å². The van der Waals surface area contributed by atoms with Crippen LogP contribution in [0.15, 0.2) is 55.0 Å². The number of aromatic nitrogens is 5. The molecule has 4 aromatic rings. The average Bonchev–Trinajstić information content (AvgIpc) is 3.20. The molecule has 3 aromatic heterocycles. The summed E-state index contributed by atoms with van der Waals surface area (Å²) in [4.78, 5) is 8.86. The molecule has 31 heavy (non-hydrogen) atoms. The van der Waals surface area contributed by atoms with Crippen LogP contribution < -0.4 is 5.32 Å². The molecule has 0 aliphatic carbocycles. The number of rotatable bonds is 6. The molecule has 0 bridgehead atoms. The van der Waals surface area contributed by atoms with Gasteiger partial charge in [0.25, 0.3) is 0 Å². The first kappa shape index (κ1) is 20.7. The van der Waals surface area contributed by atoms with Crippen LogP contribution in [0.25, 0.3) is 17.1 Å². The summed E-state index contributed by atoms with van der Waals surface area (Å²) in [6, 6.07) is 14.3. The number of aliphatic hydroxyl groups is 1. The minimum atomic E-state index is -0.180. The average molecular weight is 415 g/mol. The van der Waals surface area contributed by atoms with Crippen molar-refractivity contribution in [2.45, 2.75) is 40.3 Å². The molecule has 0 saturated carbocycles. The molecule has 1 aromatic carbocycles. The topological polar surface area (TPSA) is 88.8 Å². The van der Waals surface area contributed by atoms with Gasteiger partial charge in [-0.2, -0.15) is 0 Å². The summed E-state index contributed by atoms with van der Waals surface area (Å²) in [5.74, 6) is 0.741. The van der Waals surface area contributed by atoms with Gasteiger partial charge in [0.2, 0.25) is 0 Å².